The van der Waals surface area contributed by atoms with Crippen LogP contribution in [0.5, 0.6) is 0 Å². The molecule has 0 amide bonds. The Morgan fingerprint density at radius 1 is 0.317 bits per heavy atom. The number of esters is 8. The van der Waals surface area contributed by atoms with Crippen molar-refractivity contribution in [3.63, 3.8) is 0 Å². The minimum atomic E-state index is -1.89. The molecule has 0 aliphatic carbocycles. The van der Waals surface area contributed by atoms with Gasteiger partial charge >= 0.3 is 47.8 Å². The zero-order chi connectivity index (χ0) is 48.2. The second kappa shape index (κ2) is 24.6. The lowest BCUT2D eigenvalue weighted by atomic mass is 9.96. The Morgan fingerprint density at radius 3 is 0.746 bits per heavy atom. The fraction of sp³-hybridized carbons (Fsp3) is 0.818. The normalized spacial score (nSPS) is 26.2. The van der Waals surface area contributed by atoms with Crippen molar-refractivity contribution in [2.45, 2.75) is 172 Å². The summed E-state index contributed by atoms with van der Waals surface area (Å²) < 4.78 is 65.9. The standard InChI is InChI=1S/C44H70O19/c1-19(2)35(45)53-17-27-29(57-37(47)21(5)6)31(59-39(49)23(9)10)33(61-41(51)25(13)14)43(55-27)63-44-34(62-42(52)26(15)16)32(60-40(50)24(11)12)30(58-38(48)22(7)8)28(56-44)18-54-36(46)20(3)4/h19-34,43-44H,17-18H2,1-16H3/t27?,28?,29-,30+,31?,32?,33?,34?,43-,44+. The van der Waals surface area contributed by atoms with Crippen LogP contribution < -0.4 is 0 Å². The summed E-state index contributed by atoms with van der Waals surface area (Å²) in [6.07, 6.45) is -16.8. The zero-order valence-corrected chi connectivity index (χ0v) is 39.6. The van der Waals surface area contributed by atoms with Gasteiger partial charge in [-0.15, -0.1) is 0 Å². The molecule has 10 atom stereocenters. The minimum absolute atomic E-state index is 0.597. The van der Waals surface area contributed by atoms with Crippen molar-refractivity contribution in [1.29, 1.82) is 0 Å². The van der Waals surface area contributed by atoms with Gasteiger partial charge in [0.15, 0.2) is 36.6 Å². The number of carbonyl (C=O) groups excluding carboxylic acids is 8. The van der Waals surface area contributed by atoms with Crippen LogP contribution in [-0.4, -0.2) is 122 Å². The lowest BCUT2D eigenvalue weighted by Crippen LogP contribution is -2.67. The molecular weight excluding hydrogens is 832 g/mol. The maximum absolute atomic E-state index is 13.5. The monoisotopic (exact) mass is 902 g/mol. The highest BCUT2D eigenvalue weighted by Crippen LogP contribution is 2.37. The van der Waals surface area contributed by atoms with Crippen LogP contribution in [0, 0.1) is 47.3 Å². The van der Waals surface area contributed by atoms with Gasteiger partial charge in [0, 0.05) is 0 Å². The van der Waals surface area contributed by atoms with Crippen molar-refractivity contribution >= 4 is 47.8 Å². The predicted octanol–water partition coefficient (Wildman–Crippen LogP) is 4.26. The van der Waals surface area contributed by atoms with Crippen LogP contribution in [0.2, 0.25) is 0 Å². The molecule has 19 nitrogen and oxygen atoms in total. The van der Waals surface area contributed by atoms with Crippen molar-refractivity contribution in [1.82, 2.24) is 0 Å². The third-order valence-corrected chi connectivity index (χ3v) is 9.52. The Kier molecular flexibility index (Phi) is 21.4. The first-order valence-corrected chi connectivity index (χ1v) is 21.7. The van der Waals surface area contributed by atoms with Gasteiger partial charge in [-0.2, -0.15) is 0 Å². The van der Waals surface area contributed by atoms with Gasteiger partial charge in [0.2, 0.25) is 12.6 Å². The maximum atomic E-state index is 13.5. The first kappa shape index (κ1) is 54.8. The molecule has 360 valence electrons. The summed E-state index contributed by atoms with van der Waals surface area (Å²) >= 11 is 0. The van der Waals surface area contributed by atoms with E-state index in [1.807, 2.05) is 0 Å². The topological polar surface area (TPSA) is 238 Å². The minimum Gasteiger partial charge on any atom is -0.463 e. The molecule has 63 heavy (non-hydrogen) atoms. The van der Waals surface area contributed by atoms with Crippen LogP contribution in [0.3, 0.4) is 0 Å². The van der Waals surface area contributed by atoms with Crippen LogP contribution in [0.4, 0.5) is 0 Å². The molecule has 0 N–H and O–H groups in total. The van der Waals surface area contributed by atoms with Crippen molar-refractivity contribution in [2.24, 2.45) is 47.3 Å². The highest BCUT2D eigenvalue weighted by Gasteiger charge is 2.59. The molecule has 6 unspecified atom stereocenters. The molecule has 19 heteroatoms. The van der Waals surface area contributed by atoms with Crippen molar-refractivity contribution < 1.29 is 90.5 Å². The van der Waals surface area contributed by atoms with E-state index in [0.717, 1.165) is 0 Å². The Morgan fingerprint density at radius 2 is 0.524 bits per heavy atom. The van der Waals surface area contributed by atoms with Gasteiger partial charge in [0.1, 0.15) is 25.4 Å². The van der Waals surface area contributed by atoms with Crippen LogP contribution in [0.15, 0.2) is 0 Å². The molecule has 0 saturated carbocycles. The van der Waals surface area contributed by atoms with Gasteiger partial charge < -0.3 is 52.1 Å². The summed E-state index contributed by atoms with van der Waals surface area (Å²) in [6, 6.07) is 0. The van der Waals surface area contributed by atoms with Crippen LogP contribution in [0.25, 0.3) is 0 Å². The van der Waals surface area contributed by atoms with Gasteiger partial charge in [0.25, 0.3) is 0 Å². The molecule has 2 rings (SSSR count). The van der Waals surface area contributed by atoms with Gasteiger partial charge in [-0.25, -0.2) is 0 Å². The molecule has 0 aromatic rings. The van der Waals surface area contributed by atoms with Crippen molar-refractivity contribution in [3.05, 3.63) is 0 Å². The lowest BCUT2D eigenvalue weighted by Gasteiger charge is -2.48. The average molecular weight is 903 g/mol. The van der Waals surface area contributed by atoms with Crippen LogP contribution >= 0.6 is 0 Å². The molecular formula is C44H70O19. The molecule has 2 aliphatic rings. The fourth-order valence-electron chi connectivity index (χ4n) is 5.46. The molecule has 0 radical (unpaired) electrons. The number of hydrogen-bond donors (Lipinski definition) is 0. The number of rotatable bonds is 20. The smallest absolute Gasteiger partial charge is 0.308 e. The Labute approximate surface area is 370 Å². The maximum Gasteiger partial charge on any atom is 0.308 e. The first-order chi connectivity index (χ1) is 29.2. The quantitative estimate of drug-likeness (QED) is 0.123. The summed E-state index contributed by atoms with van der Waals surface area (Å²) in [5, 5.41) is 0. The second-order valence-electron chi connectivity index (χ2n) is 18.1. The highest BCUT2D eigenvalue weighted by atomic mass is 16.8. The largest absolute Gasteiger partial charge is 0.463 e. The fourth-order valence-corrected chi connectivity index (χ4v) is 5.46. The van der Waals surface area contributed by atoms with E-state index >= 15 is 0 Å². The molecule has 2 saturated heterocycles. The third-order valence-electron chi connectivity index (χ3n) is 9.52. The Hall–Kier alpha value is -4.36. The van der Waals surface area contributed by atoms with E-state index in [9.17, 15) is 38.4 Å². The molecule has 0 aromatic carbocycles. The van der Waals surface area contributed by atoms with Gasteiger partial charge in [-0.05, 0) is 0 Å². The van der Waals surface area contributed by atoms with Crippen molar-refractivity contribution in [2.75, 3.05) is 13.2 Å². The van der Waals surface area contributed by atoms with Gasteiger partial charge in [0.05, 0.1) is 47.3 Å². The summed E-state index contributed by atoms with van der Waals surface area (Å²) in [5.41, 5.74) is 0. The average Bonchev–Trinajstić information content (AvgIpc) is 3.19. The van der Waals surface area contributed by atoms with Crippen molar-refractivity contribution in [3.8, 4) is 0 Å². The van der Waals surface area contributed by atoms with E-state index in [1.54, 1.807) is 83.1 Å². The first-order valence-electron chi connectivity index (χ1n) is 21.7. The predicted molar refractivity (Wildman–Crippen MR) is 218 cm³/mol. The summed E-state index contributed by atoms with van der Waals surface area (Å²) in [7, 11) is 0. The number of hydrogen-bond acceptors (Lipinski definition) is 19. The lowest BCUT2D eigenvalue weighted by molar-refractivity contribution is -0.378. The molecule has 0 aromatic heterocycles. The molecule has 0 bridgehead atoms. The highest BCUT2D eigenvalue weighted by molar-refractivity contribution is 5.75. The van der Waals surface area contributed by atoms with Gasteiger partial charge in [-0.1, -0.05) is 111 Å². The number of carbonyl (C=O) groups is 8. The van der Waals surface area contributed by atoms with E-state index in [0.29, 0.717) is 0 Å². The van der Waals surface area contributed by atoms with E-state index in [1.165, 1.54) is 27.7 Å². The molecule has 2 fully saturated rings. The van der Waals surface area contributed by atoms with Gasteiger partial charge in [-0.3, -0.25) is 38.4 Å². The van der Waals surface area contributed by atoms with E-state index in [2.05, 4.69) is 0 Å². The Bertz CT molecular complexity index is 1470. The molecule has 2 heterocycles. The van der Waals surface area contributed by atoms with E-state index < -0.39 is 170 Å². The van der Waals surface area contributed by atoms with Crippen LogP contribution in [-0.2, 0) is 90.5 Å². The number of ether oxygens (including phenoxy) is 11. The second-order valence-corrected chi connectivity index (χ2v) is 18.1. The molecule has 0 spiro atoms. The summed E-state index contributed by atoms with van der Waals surface area (Å²) in [6.45, 7) is 23.7. The van der Waals surface area contributed by atoms with Crippen LogP contribution in [0.1, 0.15) is 111 Å². The SMILES string of the molecule is CC(C)C(=O)OCC1O[C@H](O[C@@H]2OC(COC(=O)C(C)C)[C@H](OC(=O)C(C)C)C(OC(=O)C(C)C)C2OC(=O)C(C)C)C(OC(=O)C(C)C)C(OC(=O)C(C)C)[C@@H]1OC(=O)C(C)C. The molecule has 2 aliphatic heterocycles. The third kappa shape index (κ3) is 16.0. The van der Waals surface area contributed by atoms with E-state index in [4.69, 9.17) is 52.1 Å². The van der Waals surface area contributed by atoms with E-state index in [-0.39, 0.29) is 0 Å². The Balaban J connectivity index is 3.00. The summed E-state index contributed by atoms with van der Waals surface area (Å²) in [4.78, 5) is 106. The summed E-state index contributed by atoms with van der Waals surface area (Å²) in [5.74, 6) is -11.9. The zero-order valence-electron chi connectivity index (χ0n) is 39.6.